The Bertz CT molecular complexity index is 764. The van der Waals surface area contributed by atoms with E-state index in [-0.39, 0.29) is 5.56 Å². The van der Waals surface area contributed by atoms with Crippen LogP contribution in [-0.4, -0.2) is 38.5 Å². The molecule has 2 aromatic rings. The second-order valence-electron chi connectivity index (χ2n) is 6.36. The predicted molar refractivity (Wildman–Crippen MR) is 88.4 cm³/mol. The number of fused-ring (bicyclic) bond motifs is 1. The van der Waals surface area contributed by atoms with E-state index in [4.69, 9.17) is 4.42 Å². The van der Waals surface area contributed by atoms with E-state index < -0.39 is 0 Å². The van der Waals surface area contributed by atoms with Gasteiger partial charge in [-0.1, -0.05) is 0 Å². The molecule has 0 aromatic carbocycles. The lowest BCUT2D eigenvalue weighted by molar-refractivity contribution is 0.0676. The SMILES string of the molecule is Cc1cnc(CN2CC(Cn3nc4c(cc3=O)CSCC4)C2)o1. The third-order valence-electron chi connectivity index (χ3n) is 4.40. The van der Waals surface area contributed by atoms with Gasteiger partial charge < -0.3 is 4.42 Å². The molecule has 0 atom stereocenters. The number of oxazole rings is 1. The van der Waals surface area contributed by atoms with Gasteiger partial charge in [0.1, 0.15) is 5.76 Å². The molecule has 0 amide bonds. The van der Waals surface area contributed by atoms with Crippen molar-refractivity contribution in [2.45, 2.75) is 32.2 Å². The molecule has 4 rings (SSSR count). The first-order chi connectivity index (χ1) is 11.2. The van der Waals surface area contributed by atoms with Crippen molar-refractivity contribution in [1.29, 1.82) is 0 Å². The molecular formula is C16H20N4O2S. The van der Waals surface area contributed by atoms with Crippen molar-refractivity contribution in [2.24, 2.45) is 5.92 Å². The molecule has 1 saturated heterocycles. The molecule has 0 bridgehead atoms. The molecule has 0 N–H and O–H groups in total. The highest BCUT2D eigenvalue weighted by Crippen LogP contribution is 2.22. The molecule has 1 fully saturated rings. The van der Waals surface area contributed by atoms with Crippen molar-refractivity contribution < 1.29 is 4.42 Å². The lowest BCUT2D eigenvalue weighted by atomic mass is 10.0. The van der Waals surface area contributed by atoms with Gasteiger partial charge in [-0.05, 0) is 18.2 Å². The molecule has 122 valence electrons. The van der Waals surface area contributed by atoms with Gasteiger partial charge >= 0.3 is 0 Å². The van der Waals surface area contributed by atoms with Gasteiger partial charge in [-0.15, -0.1) is 0 Å². The van der Waals surface area contributed by atoms with E-state index in [1.165, 1.54) is 0 Å². The van der Waals surface area contributed by atoms with E-state index in [2.05, 4.69) is 15.0 Å². The molecule has 2 aromatic heterocycles. The molecule has 23 heavy (non-hydrogen) atoms. The van der Waals surface area contributed by atoms with Crippen LogP contribution in [0.15, 0.2) is 21.5 Å². The molecule has 0 radical (unpaired) electrons. The van der Waals surface area contributed by atoms with Gasteiger partial charge in [-0.25, -0.2) is 9.67 Å². The normalized spacial score (nSPS) is 18.7. The Labute approximate surface area is 138 Å². The van der Waals surface area contributed by atoms with Crippen LogP contribution in [-0.2, 0) is 25.3 Å². The van der Waals surface area contributed by atoms with E-state index in [0.29, 0.717) is 12.5 Å². The molecule has 0 saturated carbocycles. The molecule has 7 heteroatoms. The minimum Gasteiger partial charge on any atom is -0.445 e. The third kappa shape index (κ3) is 3.21. The summed E-state index contributed by atoms with van der Waals surface area (Å²) in [5, 5.41) is 4.59. The van der Waals surface area contributed by atoms with Crippen molar-refractivity contribution in [3.8, 4) is 0 Å². The van der Waals surface area contributed by atoms with Crippen LogP contribution in [0.5, 0.6) is 0 Å². The Morgan fingerprint density at radius 2 is 2.30 bits per heavy atom. The molecule has 0 aliphatic carbocycles. The number of hydrogen-bond acceptors (Lipinski definition) is 6. The average molecular weight is 332 g/mol. The summed E-state index contributed by atoms with van der Waals surface area (Å²) in [7, 11) is 0. The van der Waals surface area contributed by atoms with E-state index in [0.717, 1.165) is 60.5 Å². The summed E-state index contributed by atoms with van der Waals surface area (Å²) >= 11 is 1.87. The van der Waals surface area contributed by atoms with E-state index >= 15 is 0 Å². The lowest BCUT2D eigenvalue weighted by Gasteiger charge is -2.38. The summed E-state index contributed by atoms with van der Waals surface area (Å²) in [4.78, 5) is 18.7. The van der Waals surface area contributed by atoms with Crippen LogP contribution in [0.25, 0.3) is 0 Å². The maximum Gasteiger partial charge on any atom is 0.267 e. The van der Waals surface area contributed by atoms with E-state index in [1.807, 2.05) is 18.7 Å². The van der Waals surface area contributed by atoms with Crippen LogP contribution >= 0.6 is 11.8 Å². The molecule has 4 heterocycles. The van der Waals surface area contributed by atoms with Gasteiger partial charge in [0, 0.05) is 37.2 Å². The quantitative estimate of drug-likeness (QED) is 0.845. The van der Waals surface area contributed by atoms with Crippen LogP contribution < -0.4 is 5.56 Å². The summed E-state index contributed by atoms with van der Waals surface area (Å²) < 4.78 is 7.16. The fraction of sp³-hybridized carbons (Fsp3) is 0.562. The number of aromatic nitrogens is 3. The van der Waals surface area contributed by atoms with Crippen molar-refractivity contribution in [3.05, 3.63) is 45.5 Å². The first-order valence-corrected chi connectivity index (χ1v) is 9.14. The average Bonchev–Trinajstić information content (AvgIpc) is 2.91. The van der Waals surface area contributed by atoms with Crippen molar-refractivity contribution in [2.75, 3.05) is 18.8 Å². The van der Waals surface area contributed by atoms with Crippen molar-refractivity contribution in [3.63, 3.8) is 0 Å². The Hall–Kier alpha value is -1.60. The Morgan fingerprint density at radius 3 is 3.09 bits per heavy atom. The number of hydrogen-bond donors (Lipinski definition) is 0. The predicted octanol–water partition coefficient (Wildman–Crippen LogP) is 1.46. The second-order valence-corrected chi connectivity index (χ2v) is 7.47. The molecule has 6 nitrogen and oxygen atoms in total. The second kappa shape index (κ2) is 6.13. The Balaban J connectivity index is 1.36. The summed E-state index contributed by atoms with van der Waals surface area (Å²) in [6, 6.07) is 1.78. The first-order valence-electron chi connectivity index (χ1n) is 7.99. The summed E-state index contributed by atoms with van der Waals surface area (Å²) in [6.07, 6.45) is 2.72. The molecule has 2 aliphatic heterocycles. The van der Waals surface area contributed by atoms with Crippen LogP contribution in [0.3, 0.4) is 0 Å². The van der Waals surface area contributed by atoms with Gasteiger partial charge in [0.05, 0.1) is 25.0 Å². The van der Waals surface area contributed by atoms with Gasteiger partial charge in [0.2, 0.25) is 5.89 Å². The fourth-order valence-electron chi connectivity index (χ4n) is 3.22. The van der Waals surface area contributed by atoms with Gasteiger partial charge in [0.15, 0.2) is 0 Å². The number of rotatable bonds is 4. The largest absolute Gasteiger partial charge is 0.445 e. The maximum atomic E-state index is 12.2. The first kappa shape index (κ1) is 15.0. The van der Waals surface area contributed by atoms with Crippen molar-refractivity contribution >= 4 is 11.8 Å². The van der Waals surface area contributed by atoms with Gasteiger partial charge in [-0.3, -0.25) is 9.69 Å². The highest BCUT2D eigenvalue weighted by Gasteiger charge is 2.29. The van der Waals surface area contributed by atoms with Crippen molar-refractivity contribution in [1.82, 2.24) is 19.7 Å². The smallest absolute Gasteiger partial charge is 0.267 e. The number of likely N-dealkylation sites (tertiary alicyclic amines) is 1. The highest BCUT2D eigenvalue weighted by molar-refractivity contribution is 7.98. The minimum atomic E-state index is 0.0352. The van der Waals surface area contributed by atoms with E-state index in [9.17, 15) is 4.79 Å². The topological polar surface area (TPSA) is 64.2 Å². The zero-order valence-electron chi connectivity index (χ0n) is 13.2. The maximum absolute atomic E-state index is 12.2. The standard InChI is InChI=1S/C16H20N4O2S/c1-11-5-17-15(22-11)9-19-6-12(7-19)8-20-16(21)4-13-10-23-3-2-14(13)18-20/h4-5,12H,2-3,6-10H2,1H3. The third-order valence-corrected chi connectivity index (χ3v) is 5.40. The zero-order valence-corrected chi connectivity index (χ0v) is 14.0. The van der Waals surface area contributed by atoms with Crippen LogP contribution in [0.1, 0.15) is 22.9 Å². The Kier molecular flexibility index (Phi) is 3.98. The monoisotopic (exact) mass is 332 g/mol. The van der Waals surface area contributed by atoms with Crippen LogP contribution in [0, 0.1) is 12.8 Å². The fourth-order valence-corrected chi connectivity index (χ4v) is 4.17. The highest BCUT2D eigenvalue weighted by atomic mass is 32.2. The summed E-state index contributed by atoms with van der Waals surface area (Å²) in [5.41, 5.74) is 2.26. The molecule has 2 aliphatic rings. The van der Waals surface area contributed by atoms with Crippen LogP contribution in [0.4, 0.5) is 0 Å². The van der Waals surface area contributed by atoms with E-state index in [1.54, 1.807) is 16.9 Å². The zero-order chi connectivity index (χ0) is 15.8. The minimum absolute atomic E-state index is 0.0352. The number of thioether (sulfide) groups is 1. The summed E-state index contributed by atoms with van der Waals surface area (Å²) in [5.74, 6) is 4.12. The number of nitrogens with zero attached hydrogens (tertiary/aromatic N) is 4. The van der Waals surface area contributed by atoms with Gasteiger partial charge in [0.25, 0.3) is 5.56 Å². The lowest BCUT2D eigenvalue weighted by Crippen LogP contribution is -2.49. The molecule has 0 unspecified atom stereocenters. The number of aryl methyl sites for hydroxylation is 2. The molecule has 0 spiro atoms. The summed E-state index contributed by atoms with van der Waals surface area (Å²) in [6.45, 7) is 5.28. The molecular weight excluding hydrogens is 312 g/mol. The van der Waals surface area contributed by atoms with Crippen LogP contribution in [0.2, 0.25) is 0 Å². The van der Waals surface area contributed by atoms with Gasteiger partial charge in [-0.2, -0.15) is 16.9 Å². The Morgan fingerprint density at radius 1 is 1.43 bits per heavy atom.